The van der Waals surface area contributed by atoms with Crippen LogP contribution in [0.4, 0.5) is 5.69 Å². The van der Waals surface area contributed by atoms with Gasteiger partial charge in [0, 0.05) is 30.4 Å². The molecule has 1 atom stereocenters. The molecule has 1 heterocycles. The van der Waals surface area contributed by atoms with Gasteiger partial charge in [-0.05, 0) is 56.5 Å². The summed E-state index contributed by atoms with van der Waals surface area (Å²) in [5, 5.41) is 6.10. The molecular weight excluding hydrogens is 338 g/mol. The molecule has 2 aromatic carbocycles. The predicted molar refractivity (Wildman–Crippen MR) is 108 cm³/mol. The summed E-state index contributed by atoms with van der Waals surface area (Å²) >= 11 is 0. The summed E-state index contributed by atoms with van der Waals surface area (Å²) in [4.78, 5) is 27.0. The number of anilines is 1. The van der Waals surface area contributed by atoms with Crippen molar-refractivity contribution in [3.05, 3.63) is 65.7 Å². The van der Waals surface area contributed by atoms with Gasteiger partial charge in [-0.2, -0.15) is 0 Å². The smallest absolute Gasteiger partial charge is 0.251 e. The lowest BCUT2D eigenvalue weighted by molar-refractivity contribution is -0.121. The number of nitrogens with zero attached hydrogens (tertiary/aromatic N) is 1. The second-order valence-corrected chi connectivity index (χ2v) is 7.18. The summed E-state index contributed by atoms with van der Waals surface area (Å²) in [5.74, 6) is -0.0216. The molecule has 2 aromatic rings. The minimum atomic E-state index is -0.198. The molecule has 27 heavy (non-hydrogen) atoms. The maximum atomic E-state index is 12.5. The molecule has 1 aliphatic heterocycles. The quantitative estimate of drug-likeness (QED) is 0.855. The Morgan fingerprint density at radius 2 is 1.74 bits per heavy atom. The lowest BCUT2D eigenvalue weighted by Crippen LogP contribution is -2.50. The standard InChI is InChI=1S/C22H27N3O2/c1-16-7-6-10-20(15-16)24-21(26)17(2)25-13-11-19(12-14-25)23-22(27)18-8-4-3-5-9-18/h3-10,15,17,19H,11-14H2,1-2H3,(H,23,27)(H,24,26). The van der Waals surface area contributed by atoms with Crippen LogP contribution in [0, 0.1) is 6.92 Å². The molecule has 2 N–H and O–H groups in total. The molecule has 1 unspecified atom stereocenters. The van der Waals surface area contributed by atoms with Crippen LogP contribution in [0.5, 0.6) is 0 Å². The van der Waals surface area contributed by atoms with Crippen molar-refractivity contribution in [2.75, 3.05) is 18.4 Å². The number of nitrogens with one attached hydrogen (secondary N) is 2. The first-order valence-corrected chi connectivity index (χ1v) is 9.50. The van der Waals surface area contributed by atoms with Crippen molar-refractivity contribution in [3.8, 4) is 0 Å². The van der Waals surface area contributed by atoms with E-state index in [1.807, 2.05) is 68.4 Å². The summed E-state index contributed by atoms with van der Waals surface area (Å²) < 4.78 is 0. The van der Waals surface area contributed by atoms with Crippen LogP contribution in [0.25, 0.3) is 0 Å². The van der Waals surface area contributed by atoms with Crippen LogP contribution >= 0.6 is 0 Å². The van der Waals surface area contributed by atoms with E-state index in [4.69, 9.17) is 0 Å². The summed E-state index contributed by atoms with van der Waals surface area (Å²) in [6.45, 7) is 5.53. The second kappa shape index (κ2) is 8.82. The van der Waals surface area contributed by atoms with E-state index in [1.54, 1.807) is 0 Å². The number of hydrogen-bond donors (Lipinski definition) is 2. The van der Waals surface area contributed by atoms with Gasteiger partial charge in [-0.1, -0.05) is 30.3 Å². The highest BCUT2D eigenvalue weighted by Crippen LogP contribution is 2.16. The average molecular weight is 365 g/mol. The highest BCUT2D eigenvalue weighted by atomic mass is 16.2. The number of amides is 2. The van der Waals surface area contributed by atoms with Crippen molar-refractivity contribution in [2.45, 2.75) is 38.8 Å². The van der Waals surface area contributed by atoms with Crippen molar-refractivity contribution >= 4 is 17.5 Å². The lowest BCUT2D eigenvalue weighted by atomic mass is 10.0. The van der Waals surface area contributed by atoms with Crippen molar-refractivity contribution in [1.29, 1.82) is 0 Å². The summed E-state index contributed by atoms with van der Waals surface area (Å²) in [5.41, 5.74) is 2.64. The normalized spacial score (nSPS) is 16.5. The van der Waals surface area contributed by atoms with E-state index in [0.29, 0.717) is 5.56 Å². The zero-order valence-corrected chi connectivity index (χ0v) is 15.9. The number of likely N-dealkylation sites (tertiary alicyclic amines) is 1. The van der Waals surface area contributed by atoms with Gasteiger partial charge in [0.25, 0.3) is 5.91 Å². The summed E-state index contributed by atoms with van der Waals surface area (Å²) in [7, 11) is 0. The number of hydrogen-bond acceptors (Lipinski definition) is 3. The highest BCUT2D eigenvalue weighted by Gasteiger charge is 2.27. The van der Waals surface area contributed by atoms with Crippen molar-refractivity contribution in [2.24, 2.45) is 0 Å². The number of carbonyl (C=O) groups is 2. The molecule has 0 radical (unpaired) electrons. The SMILES string of the molecule is Cc1cccc(NC(=O)C(C)N2CCC(NC(=O)c3ccccc3)CC2)c1. The Morgan fingerprint density at radius 3 is 2.41 bits per heavy atom. The average Bonchev–Trinajstić information content (AvgIpc) is 2.68. The van der Waals surface area contributed by atoms with Gasteiger partial charge in [-0.3, -0.25) is 14.5 Å². The molecule has 1 fully saturated rings. The van der Waals surface area contributed by atoms with Gasteiger partial charge in [-0.15, -0.1) is 0 Å². The molecule has 0 aliphatic carbocycles. The molecular formula is C22H27N3O2. The van der Waals surface area contributed by atoms with Gasteiger partial charge in [0.15, 0.2) is 0 Å². The van der Waals surface area contributed by atoms with E-state index in [2.05, 4.69) is 15.5 Å². The zero-order valence-electron chi connectivity index (χ0n) is 15.9. The maximum absolute atomic E-state index is 12.5. The molecule has 2 amide bonds. The predicted octanol–water partition coefficient (Wildman–Crippen LogP) is 3.22. The molecule has 0 saturated carbocycles. The van der Waals surface area contributed by atoms with Crippen LogP contribution in [0.1, 0.15) is 35.7 Å². The fraction of sp³-hybridized carbons (Fsp3) is 0.364. The van der Waals surface area contributed by atoms with Crippen LogP contribution < -0.4 is 10.6 Å². The Balaban J connectivity index is 1.48. The number of carbonyl (C=O) groups excluding carboxylic acids is 2. The number of benzene rings is 2. The largest absolute Gasteiger partial charge is 0.349 e. The molecule has 3 rings (SSSR count). The Labute approximate surface area is 160 Å². The van der Waals surface area contributed by atoms with E-state index in [-0.39, 0.29) is 23.9 Å². The molecule has 0 spiro atoms. The third-order valence-electron chi connectivity index (χ3n) is 5.11. The Hall–Kier alpha value is -2.66. The molecule has 1 saturated heterocycles. The topological polar surface area (TPSA) is 61.4 Å². The minimum absolute atomic E-state index is 0.00683. The van der Waals surface area contributed by atoms with Gasteiger partial charge in [0.1, 0.15) is 0 Å². The number of aryl methyl sites for hydroxylation is 1. The van der Waals surface area contributed by atoms with Crippen LogP contribution in [0.15, 0.2) is 54.6 Å². The first kappa shape index (κ1) is 19.1. The van der Waals surface area contributed by atoms with Crippen LogP contribution in [0.2, 0.25) is 0 Å². The van der Waals surface area contributed by atoms with Crippen molar-refractivity contribution in [1.82, 2.24) is 10.2 Å². The molecule has 5 nitrogen and oxygen atoms in total. The van der Waals surface area contributed by atoms with Crippen molar-refractivity contribution < 1.29 is 9.59 Å². The second-order valence-electron chi connectivity index (χ2n) is 7.18. The fourth-order valence-electron chi connectivity index (χ4n) is 3.42. The third-order valence-corrected chi connectivity index (χ3v) is 5.11. The van der Waals surface area contributed by atoms with Crippen LogP contribution in [-0.2, 0) is 4.79 Å². The van der Waals surface area contributed by atoms with Gasteiger partial charge in [-0.25, -0.2) is 0 Å². The lowest BCUT2D eigenvalue weighted by Gasteiger charge is -2.35. The monoisotopic (exact) mass is 365 g/mol. The van der Waals surface area contributed by atoms with E-state index >= 15 is 0 Å². The van der Waals surface area contributed by atoms with Crippen LogP contribution in [0.3, 0.4) is 0 Å². The summed E-state index contributed by atoms with van der Waals surface area (Å²) in [6.07, 6.45) is 1.70. The molecule has 5 heteroatoms. The number of piperidine rings is 1. The first-order valence-electron chi connectivity index (χ1n) is 9.50. The third kappa shape index (κ3) is 5.17. The van der Waals surface area contributed by atoms with Gasteiger partial charge < -0.3 is 10.6 Å². The number of rotatable bonds is 5. The zero-order chi connectivity index (χ0) is 19.2. The highest BCUT2D eigenvalue weighted by molar-refractivity contribution is 5.95. The Morgan fingerprint density at radius 1 is 1.04 bits per heavy atom. The van der Waals surface area contributed by atoms with E-state index in [1.165, 1.54) is 0 Å². The van der Waals surface area contributed by atoms with E-state index in [9.17, 15) is 9.59 Å². The van der Waals surface area contributed by atoms with E-state index < -0.39 is 0 Å². The Bertz CT molecular complexity index is 783. The maximum Gasteiger partial charge on any atom is 0.251 e. The van der Waals surface area contributed by atoms with Crippen LogP contribution in [-0.4, -0.2) is 41.9 Å². The fourth-order valence-corrected chi connectivity index (χ4v) is 3.42. The van der Waals surface area contributed by atoms with Gasteiger partial charge in [0.05, 0.1) is 6.04 Å². The van der Waals surface area contributed by atoms with Gasteiger partial charge in [0.2, 0.25) is 5.91 Å². The molecule has 0 bridgehead atoms. The minimum Gasteiger partial charge on any atom is -0.349 e. The molecule has 1 aliphatic rings. The molecule has 142 valence electrons. The Kier molecular flexibility index (Phi) is 6.24. The first-order chi connectivity index (χ1) is 13.0. The van der Waals surface area contributed by atoms with Crippen molar-refractivity contribution in [3.63, 3.8) is 0 Å². The van der Waals surface area contributed by atoms with Gasteiger partial charge >= 0.3 is 0 Å². The van der Waals surface area contributed by atoms with E-state index in [0.717, 1.165) is 37.2 Å². The molecule has 0 aromatic heterocycles. The summed E-state index contributed by atoms with van der Waals surface area (Å²) in [6, 6.07) is 17.1.